The second-order valence-corrected chi connectivity index (χ2v) is 6.33. The second kappa shape index (κ2) is 12.3. The number of unbranched alkanes of at least 4 members (excludes halogenated alkanes) is 10. The van der Waals surface area contributed by atoms with Gasteiger partial charge in [-0.3, -0.25) is 4.79 Å². The summed E-state index contributed by atoms with van der Waals surface area (Å²) in [4.78, 5) is 12.0. The van der Waals surface area contributed by atoms with Crippen molar-refractivity contribution in [2.75, 3.05) is 5.73 Å². The van der Waals surface area contributed by atoms with Gasteiger partial charge in [-0.2, -0.15) is 0 Å². The quantitative estimate of drug-likeness (QED) is 0.270. The van der Waals surface area contributed by atoms with Crippen molar-refractivity contribution in [1.82, 2.24) is 0 Å². The smallest absolute Gasteiger partial charge is 0.162 e. The average molecular weight is 303 g/mol. The molecule has 0 aliphatic rings. The molecule has 0 saturated carbocycles. The van der Waals surface area contributed by atoms with E-state index in [1.165, 1.54) is 64.2 Å². The number of nitrogens with two attached hydrogens (primary N) is 1. The Bertz CT molecular complexity index is 397. The third-order valence-electron chi connectivity index (χ3n) is 4.24. The average Bonchev–Trinajstić information content (AvgIpc) is 2.53. The first-order chi connectivity index (χ1) is 10.7. The predicted molar refractivity (Wildman–Crippen MR) is 96.3 cm³/mol. The molecule has 0 spiro atoms. The number of rotatable bonds is 13. The maximum absolute atomic E-state index is 12.0. The molecule has 0 aliphatic heterocycles. The van der Waals surface area contributed by atoms with Crippen molar-refractivity contribution in [2.24, 2.45) is 0 Å². The van der Waals surface area contributed by atoms with E-state index in [2.05, 4.69) is 6.92 Å². The van der Waals surface area contributed by atoms with Gasteiger partial charge in [0.15, 0.2) is 5.78 Å². The SMILES string of the molecule is CCCCCCCCCCCCCC(=O)c1ccc(N)cc1. The van der Waals surface area contributed by atoms with Crippen LogP contribution < -0.4 is 5.73 Å². The van der Waals surface area contributed by atoms with E-state index in [0.29, 0.717) is 12.1 Å². The van der Waals surface area contributed by atoms with Crippen molar-refractivity contribution >= 4 is 11.5 Å². The van der Waals surface area contributed by atoms with Crippen LogP contribution in [0.25, 0.3) is 0 Å². The number of benzene rings is 1. The number of carbonyl (C=O) groups excluding carboxylic acids is 1. The van der Waals surface area contributed by atoms with Gasteiger partial charge in [0.05, 0.1) is 0 Å². The molecule has 1 aromatic rings. The van der Waals surface area contributed by atoms with Gasteiger partial charge < -0.3 is 5.73 Å². The molecule has 0 bridgehead atoms. The topological polar surface area (TPSA) is 43.1 Å². The van der Waals surface area contributed by atoms with Gasteiger partial charge in [-0.05, 0) is 30.7 Å². The largest absolute Gasteiger partial charge is 0.399 e. The number of nitrogen functional groups attached to an aromatic ring is 1. The number of ketones is 1. The van der Waals surface area contributed by atoms with E-state index >= 15 is 0 Å². The molecule has 0 unspecified atom stereocenters. The summed E-state index contributed by atoms with van der Waals surface area (Å²) >= 11 is 0. The summed E-state index contributed by atoms with van der Waals surface area (Å²) in [6.07, 6.45) is 15.1. The molecule has 2 heteroatoms. The lowest BCUT2D eigenvalue weighted by Crippen LogP contribution is -1.99. The number of Topliss-reactive ketones (excluding diaryl/α,β-unsaturated/α-hetero) is 1. The van der Waals surface area contributed by atoms with Gasteiger partial charge in [0.25, 0.3) is 0 Å². The van der Waals surface area contributed by atoms with Crippen molar-refractivity contribution in [3.63, 3.8) is 0 Å². The fourth-order valence-electron chi connectivity index (χ4n) is 2.76. The highest BCUT2D eigenvalue weighted by Crippen LogP contribution is 2.14. The molecule has 2 nitrogen and oxygen atoms in total. The fourth-order valence-corrected chi connectivity index (χ4v) is 2.76. The van der Waals surface area contributed by atoms with Crippen LogP contribution in [0.15, 0.2) is 24.3 Å². The van der Waals surface area contributed by atoms with E-state index in [1.54, 1.807) is 12.1 Å². The van der Waals surface area contributed by atoms with E-state index in [0.717, 1.165) is 12.0 Å². The molecule has 0 amide bonds. The fraction of sp³-hybridized carbons (Fsp3) is 0.650. The van der Waals surface area contributed by atoms with E-state index in [1.807, 2.05) is 12.1 Å². The molecule has 0 aromatic heterocycles. The molecule has 2 N–H and O–H groups in total. The zero-order valence-corrected chi connectivity index (χ0v) is 14.3. The van der Waals surface area contributed by atoms with Gasteiger partial charge in [-0.25, -0.2) is 0 Å². The first-order valence-corrected chi connectivity index (χ1v) is 9.12. The summed E-state index contributed by atoms with van der Waals surface area (Å²) in [5.41, 5.74) is 7.14. The van der Waals surface area contributed by atoms with E-state index < -0.39 is 0 Å². The molecule has 0 radical (unpaired) electrons. The minimum absolute atomic E-state index is 0.246. The van der Waals surface area contributed by atoms with Crippen molar-refractivity contribution in [3.05, 3.63) is 29.8 Å². The maximum Gasteiger partial charge on any atom is 0.162 e. The predicted octanol–water partition coefficient (Wildman–Crippen LogP) is 6.15. The third kappa shape index (κ3) is 8.86. The van der Waals surface area contributed by atoms with Crippen molar-refractivity contribution in [2.45, 2.75) is 84.0 Å². The van der Waals surface area contributed by atoms with E-state index in [4.69, 9.17) is 5.73 Å². The van der Waals surface area contributed by atoms with Gasteiger partial charge in [-0.1, -0.05) is 71.1 Å². The molecule has 124 valence electrons. The molecule has 0 atom stereocenters. The number of hydrogen-bond acceptors (Lipinski definition) is 2. The van der Waals surface area contributed by atoms with Crippen molar-refractivity contribution in [1.29, 1.82) is 0 Å². The highest BCUT2D eigenvalue weighted by molar-refractivity contribution is 5.96. The van der Waals surface area contributed by atoms with Crippen LogP contribution in [0.3, 0.4) is 0 Å². The molecular formula is C20H33NO. The van der Waals surface area contributed by atoms with Crippen LogP contribution in [-0.4, -0.2) is 5.78 Å². The van der Waals surface area contributed by atoms with Crippen molar-refractivity contribution in [3.8, 4) is 0 Å². The van der Waals surface area contributed by atoms with Crippen LogP contribution in [0.5, 0.6) is 0 Å². The lowest BCUT2D eigenvalue weighted by Gasteiger charge is -2.03. The Morgan fingerprint density at radius 2 is 1.23 bits per heavy atom. The van der Waals surface area contributed by atoms with Gasteiger partial charge in [0.2, 0.25) is 0 Å². The zero-order valence-electron chi connectivity index (χ0n) is 14.3. The zero-order chi connectivity index (χ0) is 16.0. The summed E-state index contributed by atoms with van der Waals surface area (Å²) in [5.74, 6) is 0.246. The number of carbonyl (C=O) groups is 1. The molecule has 22 heavy (non-hydrogen) atoms. The first kappa shape index (κ1) is 18.7. The Morgan fingerprint density at radius 3 is 1.73 bits per heavy atom. The lowest BCUT2D eigenvalue weighted by molar-refractivity contribution is 0.0979. The Kier molecular flexibility index (Phi) is 10.4. The monoisotopic (exact) mass is 303 g/mol. The highest BCUT2D eigenvalue weighted by atomic mass is 16.1. The Labute approximate surface area is 136 Å². The van der Waals surface area contributed by atoms with E-state index in [9.17, 15) is 4.79 Å². The van der Waals surface area contributed by atoms with Crippen LogP contribution in [0.1, 0.15) is 94.3 Å². The molecule has 0 saturated heterocycles. The van der Waals surface area contributed by atoms with Crippen LogP contribution >= 0.6 is 0 Å². The molecular weight excluding hydrogens is 270 g/mol. The normalized spacial score (nSPS) is 10.8. The first-order valence-electron chi connectivity index (χ1n) is 9.12. The van der Waals surface area contributed by atoms with Crippen LogP contribution in [-0.2, 0) is 0 Å². The summed E-state index contributed by atoms with van der Waals surface area (Å²) in [7, 11) is 0. The van der Waals surface area contributed by atoms with Crippen LogP contribution in [0, 0.1) is 0 Å². The van der Waals surface area contributed by atoms with Crippen LogP contribution in [0.4, 0.5) is 5.69 Å². The Balaban J connectivity index is 1.93. The third-order valence-corrected chi connectivity index (χ3v) is 4.24. The van der Waals surface area contributed by atoms with Gasteiger partial charge in [0.1, 0.15) is 0 Å². The van der Waals surface area contributed by atoms with Gasteiger partial charge in [0, 0.05) is 17.7 Å². The second-order valence-electron chi connectivity index (χ2n) is 6.33. The molecule has 0 aliphatic carbocycles. The highest BCUT2D eigenvalue weighted by Gasteiger charge is 2.04. The van der Waals surface area contributed by atoms with Gasteiger partial charge in [-0.15, -0.1) is 0 Å². The molecule has 0 fully saturated rings. The lowest BCUT2D eigenvalue weighted by atomic mass is 10.0. The Morgan fingerprint density at radius 1 is 0.773 bits per heavy atom. The molecule has 1 aromatic carbocycles. The summed E-state index contributed by atoms with van der Waals surface area (Å²) in [5, 5.41) is 0. The molecule has 1 rings (SSSR count). The minimum atomic E-state index is 0.246. The summed E-state index contributed by atoms with van der Waals surface area (Å²) in [6.45, 7) is 2.26. The summed E-state index contributed by atoms with van der Waals surface area (Å²) in [6, 6.07) is 7.26. The van der Waals surface area contributed by atoms with Gasteiger partial charge >= 0.3 is 0 Å². The summed E-state index contributed by atoms with van der Waals surface area (Å²) < 4.78 is 0. The molecule has 0 heterocycles. The minimum Gasteiger partial charge on any atom is -0.399 e. The standard InChI is InChI=1S/C20H33NO/c1-2-3-4-5-6-7-8-9-10-11-12-13-20(22)18-14-16-19(21)17-15-18/h14-17H,2-13,21H2,1H3. The number of anilines is 1. The maximum atomic E-state index is 12.0. The van der Waals surface area contributed by atoms with Crippen molar-refractivity contribution < 1.29 is 4.79 Å². The van der Waals surface area contributed by atoms with E-state index in [-0.39, 0.29) is 5.78 Å². The van der Waals surface area contributed by atoms with Crippen LogP contribution in [0.2, 0.25) is 0 Å². The number of hydrogen-bond donors (Lipinski definition) is 1. The Hall–Kier alpha value is -1.31.